The summed E-state index contributed by atoms with van der Waals surface area (Å²) in [5, 5.41) is 4.40. The highest BCUT2D eigenvalue weighted by Crippen LogP contribution is 2.15. The maximum atomic E-state index is 5.85. The van der Waals surface area contributed by atoms with Crippen molar-refractivity contribution >= 4 is 11.6 Å². The minimum atomic E-state index is 0.621. The molecule has 0 spiro atoms. The van der Waals surface area contributed by atoms with Crippen molar-refractivity contribution in [1.82, 2.24) is 10.2 Å². The van der Waals surface area contributed by atoms with Gasteiger partial charge >= 0.3 is 0 Å². The van der Waals surface area contributed by atoms with Gasteiger partial charge in [0.15, 0.2) is 0 Å². The Morgan fingerprint density at radius 3 is 2.62 bits per heavy atom. The van der Waals surface area contributed by atoms with Crippen LogP contribution in [0.15, 0.2) is 24.3 Å². The molecule has 1 aliphatic rings. The topological polar surface area (TPSA) is 15.3 Å². The molecule has 2 nitrogen and oxygen atoms in total. The van der Waals surface area contributed by atoms with Crippen molar-refractivity contribution < 1.29 is 0 Å². The summed E-state index contributed by atoms with van der Waals surface area (Å²) in [7, 11) is 2.19. The summed E-state index contributed by atoms with van der Waals surface area (Å²) in [6, 6.07) is 9.37. The van der Waals surface area contributed by atoms with Crippen LogP contribution in [0.1, 0.15) is 18.9 Å². The van der Waals surface area contributed by atoms with Gasteiger partial charge in [-0.15, -0.1) is 0 Å². The number of benzene rings is 1. The fraction of sp³-hybridized carbons (Fsp3) is 0.538. The average Bonchev–Trinajstić information content (AvgIpc) is 2.58. The van der Waals surface area contributed by atoms with Gasteiger partial charge in [0.2, 0.25) is 0 Å². The third-order valence-corrected chi connectivity index (χ3v) is 3.65. The minimum absolute atomic E-state index is 0.621. The van der Waals surface area contributed by atoms with Crippen LogP contribution < -0.4 is 5.32 Å². The second-order valence-corrected chi connectivity index (χ2v) is 5.17. The van der Waals surface area contributed by atoms with Gasteiger partial charge < -0.3 is 10.2 Å². The molecule has 0 bridgehead atoms. The number of likely N-dealkylation sites (tertiary alicyclic amines) is 1. The molecule has 0 amide bonds. The molecule has 1 fully saturated rings. The SMILES string of the molecule is CC1CC(NCc2ccc(Cl)cc2)CN1C. The Hall–Kier alpha value is -0.570. The fourth-order valence-corrected chi connectivity index (χ4v) is 2.33. The van der Waals surface area contributed by atoms with Gasteiger partial charge in [0, 0.05) is 30.2 Å². The normalized spacial score (nSPS) is 26.2. The Morgan fingerprint density at radius 2 is 2.06 bits per heavy atom. The van der Waals surface area contributed by atoms with E-state index in [4.69, 9.17) is 11.6 Å². The summed E-state index contributed by atoms with van der Waals surface area (Å²) in [5.41, 5.74) is 1.30. The Kier molecular flexibility index (Phi) is 3.85. The van der Waals surface area contributed by atoms with Crippen LogP contribution >= 0.6 is 11.6 Å². The van der Waals surface area contributed by atoms with E-state index in [2.05, 4.69) is 36.3 Å². The first kappa shape index (κ1) is 11.9. The maximum absolute atomic E-state index is 5.85. The number of rotatable bonds is 3. The van der Waals surface area contributed by atoms with Crippen LogP contribution in [0.4, 0.5) is 0 Å². The Labute approximate surface area is 103 Å². The average molecular weight is 239 g/mol. The molecule has 2 atom stereocenters. The van der Waals surface area contributed by atoms with Crippen molar-refractivity contribution in [2.45, 2.75) is 32.0 Å². The lowest BCUT2D eigenvalue weighted by molar-refractivity contribution is 0.326. The van der Waals surface area contributed by atoms with E-state index in [0.29, 0.717) is 12.1 Å². The van der Waals surface area contributed by atoms with Crippen molar-refractivity contribution in [3.8, 4) is 0 Å². The minimum Gasteiger partial charge on any atom is -0.309 e. The van der Waals surface area contributed by atoms with Crippen LogP contribution in [-0.4, -0.2) is 30.6 Å². The lowest BCUT2D eigenvalue weighted by Gasteiger charge is -2.13. The largest absolute Gasteiger partial charge is 0.309 e. The van der Waals surface area contributed by atoms with Crippen molar-refractivity contribution in [3.63, 3.8) is 0 Å². The highest BCUT2D eigenvalue weighted by molar-refractivity contribution is 6.30. The highest BCUT2D eigenvalue weighted by Gasteiger charge is 2.25. The molecule has 0 aliphatic carbocycles. The highest BCUT2D eigenvalue weighted by atomic mass is 35.5. The summed E-state index contributed by atoms with van der Waals surface area (Å²) >= 11 is 5.85. The first-order chi connectivity index (χ1) is 7.65. The second kappa shape index (κ2) is 5.17. The van der Waals surface area contributed by atoms with Gasteiger partial charge in [-0.05, 0) is 38.1 Å². The number of hydrogen-bond donors (Lipinski definition) is 1. The zero-order valence-electron chi connectivity index (χ0n) is 9.91. The number of halogens is 1. The zero-order valence-corrected chi connectivity index (χ0v) is 10.7. The third-order valence-electron chi connectivity index (χ3n) is 3.39. The first-order valence-electron chi connectivity index (χ1n) is 5.83. The summed E-state index contributed by atoms with van der Waals surface area (Å²) < 4.78 is 0. The molecule has 1 aliphatic heterocycles. The molecule has 3 heteroatoms. The summed E-state index contributed by atoms with van der Waals surface area (Å²) in [4.78, 5) is 2.40. The van der Waals surface area contributed by atoms with Gasteiger partial charge in [0.05, 0.1) is 0 Å². The summed E-state index contributed by atoms with van der Waals surface area (Å²) in [6.45, 7) is 4.36. The molecule has 1 saturated heterocycles. The van der Waals surface area contributed by atoms with E-state index in [1.54, 1.807) is 0 Å². The van der Waals surface area contributed by atoms with Gasteiger partial charge in [-0.3, -0.25) is 0 Å². The van der Waals surface area contributed by atoms with Gasteiger partial charge in [0.1, 0.15) is 0 Å². The number of nitrogens with zero attached hydrogens (tertiary/aromatic N) is 1. The van der Waals surface area contributed by atoms with E-state index in [0.717, 1.165) is 18.1 Å². The monoisotopic (exact) mass is 238 g/mol. The smallest absolute Gasteiger partial charge is 0.0406 e. The molecule has 2 unspecified atom stereocenters. The second-order valence-electron chi connectivity index (χ2n) is 4.73. The zero-order chi connectivity index (χ0) is 11.5. The van der Waals surface area contributed by atoms with Gasteiger partial charge in [0.25, 0.3) is 0 Å². The molecule has 0 saturated carbocycles. The van der Waals surface area contributed by atoms with Crippen molar-refractivity contribution in [2.75, 3.05) is 13.6 Å². The third kappa shape index (κ3) is 2.97. The fourth-order valence-electron chi connectivity index (χ4n) is 2.21. The Bertz CT molecular complexity index is 326. The predicted octanol–water partition coefficient (Wildman–Crippen LogP) is 2.52. The van der Waals surface area contributed by atoms with Crippen molar-refractivity contribution in [1.29, 1.82) is 0 Å². The molecule has 88 valence electrons. The van der Waals surface area contributed by atoms with E-state index < -0.39 is 0 Å². The van der Waals surface area contributed by atoms with Gasteiger partial charge in [-0.2, -0.15) is 0 Å². The van der Waals surface area contributed by atoms with Crippen molar-refractivity contribution in [3.05, 3.63) is 34.9 Å². The van der Waals surface area contributed by atoms with E-state index in [-0.39, 0.29) is 0 Å². The van der Waals surface area contributed by atoms with Crippen LogP contribution in [0.2, 0.25) is 5.02 Å². The van der Waals surface area contributed by atoms with E-state index in [9.17, 15) is 0 Å². The van der Waals surface area contributed by atoms with Crippen LogP contribution in [0.25, 0.3) is 0 Å². The Morgan fingerprint density at radius 1 is 1.38 bits per heavy atom. The summed E-state index contributed by atoms with van der Waals surface area (Å²) in [5.74, 6) is 0. The molecule has 0 radical (unpaired) electrons. The van der Waals surface area contributed by atoms with Gasteiger partial charge in [-0.25, -0.2) is 0 Å². The first-order valence-corrected chi connectivity index (χ1v) is 6.21. The Balaban J connectivity index is 1.82. The predicted molar refractivity (Wildman–Crippen MR) is 68.8 cm³/mol. The molecule has 1 aromatic carbocycles. The van der Waals surface area contributed by atoms with Crippen LogP contribution in [-0.2, 0) is 6.54 Å². The number of nitrogens with one attached hydrogen (secondary N) is 1. The van der Waals surface area contributed by atoms with E-state index in [1.165, 1.54) is 12.0 Å². The molecule has 2 rings (SSSR count). The van der Waals surface area contributed by atoms with Crippen LogP contribution in [0, 0.1) is 0 Å². The molecule has 1 N–H and O–H groups in total. The number of likely N-dealkylation sites (N-methyl/N-ethyl adjacent to an activating group) is 1. The molecular formula is C13H19ClN2. The number of hydrogen-bond acceptors (Lipinski definition) is 2. The lowest BCUT2D eigenvalue weighted by atomic mass is 10.1. The molecule has 1 heterocycles. The van der Waals surface area contributed by atoms with Crippen LogP contribution in [0.5, 0.6) is 0 Å². The molecule has 16 heavy (non-hydrogen) atoms. The molecule has 0 aromatic heterocycles. The summed E-state index contributed by atoms with van der Waals surface area (Å²) in [6.07, 6.45) is 1.24. The quantitative estimate of drug-likeness (QED) is 0.871. The molecule has 1 aromatic rings. The lowest BCUT2D eigenvalue weighted by Crippen LogP contribution is -2.31. The van der Waals surface area contributed by atoms with Crippen LogP contribution in [0.3, 0.4) is 0 Å². The van der Waals surface area contributed by atoms with E-state index in [1.807, 2.05) is 12.1 Å². The van der Waals surface area contributed by atoms with E-state index >= 15 is 0 Å². The molecular weight excluding hydrogens is 220 g/mol. The van der Waals surface area contributed by atoms with Crippen molar-refractivity contribution in [2.24, 2.45) is 0 Å². The maximum Gasteiger partial charge on any atom is 0.0406 e. The van der Waals surface area contributed by atoms with Gasteiger partial charge in [-0.1, -0.05) is 23.7 Å². The standard InChI is InChI=1S/C13H19ClN2/c1-10-7-13(9-16(10)2)15-8-11-3-5-12(14)6-4-11/h3-6,10,13,15H,7-9H2,1-2H3.